The van der Waals surface area contributed by atoms with Crippen LogP contribution in [0.1, 0.15) is 43.0 Å². The van der Waals surface area contributed by atoms with Crippen molar-refractivity contribution in [1.82, 2.24) is 9.88 Å². The maximum atomic E-state index is 13.4. The highest BCUT2D eigenvalue weighted by molar-refractivity contribution is 7.22. The molecule has 35 heavy (non-hydrogen) atoms. The number of ether oxygens (including phenoxy) is 1. The normalized spacial score (nSPS) is 19.3. The first-order valence-electron chi connectivity index (χ1n) is 11.8. The summed E-state index contributed by atoms with van der Waals surface area (Å²) in [5, 5.41) is 0.649. The maximum Gasteiger partial charge on any atom is 0.257 e. The van der Waals surface area contributed by atoms with Gasteiger partial charge in [-0.3, -0.25) is 24.2 Å². The van der Waals surface area contributed by atoms with Crippen LogP contribution in [0.25, 0.3) is 10.2 Å². The molecule has 182 valence electrons. The van der Waals surface area contributed by atoms with E-state index in [1.54, 1.807) is 27.9 Å². The molecule has 0 spiro atoms. The average molecular weight is 493 g/mol. The van der Waals surface area contributed by atoms with Crippen LogP contribution in [0.3, 0.4) is 0 Å². The molecule has 0 saturated carbocycles. The van der Waals surface area contributed by atoms with Crippen LogP contribution >= 0.6 is 11.3 Å². The number of amides is 3. The predicted molar refractivity (Wildman–Crippen MR) is 136 cm³/mol. The van der Waals surface area contributed by atoms with Crippen molar-refractivity contribution in [2.45, 2.75) is 38.3 Å². The number of carbonyl (C=O) groups is 3. The van der Waals surface area contributed by atoms with E-state index in [0.29, 0.717) is 55.3 Å². The van der Waals surface area contributed by atoms with E-state index in [4.69, 9.17) is 4.74 Å². The standard InChI is InChI=1S/C26H28N4O4S/c1-26-14-13-23(32)30(26)20-10-5-3-8-18(20)24(33)29(26)15-7-12-22(31)28(16-17-34-2)25-27-19-9-4-6-11-21(19)35-25/h3-6,8-11H,7,12-17H2,1-2H3. The van der Waals surface area contributed by atoms with Gasteiger partial charge in [0.05, 0.1) is 34.6 Å². The highest BCUT2D eigenvalue weighted by Gasteiger charge is 2.52. The Morgan fingerprint density at radius 2 is 1.94 bits per heavy atom. The van der Waals surface area contributed by atoms with Crippen LogP contribution in [0.4, 0.5) is 10.8 Å². The third-order valence-corrected chi connectivity index (χ3v) is 7.91. The fraction of sp³-hybridized carbons (Fsp3) is 0.385. The van der Waals surface area contributed by atoms with Gasteiger partial charge in [0, 0.05) is 26.5 Å². The first kappa shape index (κ1) is 23.4. The van der Waals surface area contributed by atoms with E-state index < -0.39 is 5.66 Å². The Morgan fingerprint density at radius 1 is 1.17 bits per heavy atom. The first-order chi connectivity index (χ1) is 16.9. The molecular formula is C26H28N4O4S. The molecule has 0 bridgehead atoms. The Morgan fingerprint density at radius 3 is 2.74 bits per heavy atom. The van der Waals surface area contributed by atoms with Gasteiger partial charge in [-0.25, -0.2) is 4.98 Å². The number of aromatic nitrogens is 1. The van der Waals surface area contributed by atoms with Crippen LogP contribution in [0, 0.1) is 0 Å². The lowest BCUT2D eigenvalue weighted by Gasteiger charge is -2.48. The number of anilines is 2. The van der Waals surface area contributed by atoms with Crippen LogP contribution in [-0.2, 0) is 14.3 Å². The van der Waals surface area contributed by atoms with Crippen molar-refractivity contribution in [3.05, 3.63) is 54.1 Å². The Kier molecular flexibility index (Phi) is 6.29. The summed E-state index contributed by atoms with van der Waals surface area (Å²) < 4.78 is 6.25. The minimum Gasteiger partial charge on any atom is -0.383 e. The van der Waals surface area contributed by atoms with E-state index in [9.17, 15) is 14.4 Å². The van der Waals surface area contributed by atoms with E-state index in [0.717, 1.165) is 10.2 Å². The summed E-state index contributed by atoms with van der Waals surface area (Å²) in [7, 11) is 1.61. The first-order valence-corrected chi connectivity index (χ1v) is 12.6. The summed E-state index contributed by atoms with van der Waals surface area (Å²) in [6, 6.07) is 15.1. The summed E-state index contributed by atoms with van der Waals surface area (Å²) in [5.41, 5.74) is 1.35. The van der Waals surface area contributed by atoms with Gasteiger partial charge in [0.15, 0.2) is 5.13 Å². The maximum absolute atomic E-state index is 13.4. The molecule has 0 N–H and O–H groups in total. The molecule has 9 heteroatoms. The molecule has 0 aliphatic carbocycles. The number of para-hydroxylation sites is 2. The lowest BCUT2D eigenvalue weighted by molar-refractivity contribution is -0.119. The van der Waals surface area contributed by atoms with Crippen LogP contribution in [0.15, 0.2) is 48.5 Å². The Hall–Kier alpha value is -3.30. The second-order valence-electron chi connectivity index (χ2n) is 9.03. The molecule has 1 atom stereocenters. The number of methoxy groups -OCH3 is 1. The summed E-state index contributed by atoms with van der Waals surface area (Å²) in [6.07, 6.45) is 1.72. The molecule has 2 aromatic carbocycles. The SMILES string of the molecule is COCCN(C(=O)CCCN1C(=O)c2ccccc2N2C(=O)CCC12C)c1nc2ccccc2s1. The molecule has 1 fully saturated rings. The Balaban J connectivity index is 1.32. The average Bonchev–Trinajstić information content (AvgIpc) is 3.42. The van der Waals surface area contributed by atoms with Crippen molar-refractivity contribution < 1.29 is 19.1 Å². The van der Waals surface area contributed by atoms with Crippen LogP contribution in [-0.4, -0.2) is 60.1 Å². The number of nitrogens with zero attached hydrogens (tertiary/aromatic N) is 4. The van der Waals surface area contributed by atoms with Crippen molar-refractivity contribution in [1.29, 1.82) is 0 Å². The van der Waals surface area contributed by atoms with Gasteiger partial charge in [-0.2, -0.15) is 0 Å². The molecule has 8 nitrogen and oxygen atoms in total. The number of fused-ring (bicyclic) bond motifs is 4. The van der Waals surface area contributed by atoms with Gasteiger partial charge >= 0.3 is 0 Å². The van der Waals surface area contributed by atoms with E-state index in [1.165, 1.54) is 11.3 Å². The van der Waals surface area contributed by atoms with Crippen molar-refractivity contribution in [2.24, 2.45) is 0 Å². The lowest BCUT2D eigenvalue weighted by atomic mass is 9.98. The molecule has 1 unspecified atom stereocenters. The van der Waals surface area contributed by atoms with Gasteiger partial charge in [-0.05, 0) is 44.0 Å². The summed E-state index contributed by atoms with van der Waals surface area (Å²) in [4.78, 5) is 49.3. The van der Waals surface area contributed by atoms with Crippen molar-refractivity contribution in [3.63, 3.8) is 0 Å². The van der Waals surface area contributed by atoms with Crippen molar-refractivity contribution in [2.75, 3.05) is 36.6 Å². The minimum absolute atomic E-state index is 0.0232. The van der Waals surface area contributed by atoms with E-state index in [1.807, 2.05) is 49.4 Å². The number of carbonyl (C=O) groups excluding carboxylic acids is 3. The third-order valence-electron chi connectivity index (χ3n) is 6.85. The number of hydrogen-bond acceptors (Lipinski definition) is 6. The minimum atomic E-state index is -0.714. The Bertz CT molecular complexity index is 1260. The predicted octanol–water partition coefficient (Wildman–Crippen LogP) is 4.05. The van der Waals surface area contributed by atoms with E-state index in [-0.39, 0.29) is 24.1 Å². The molecule has 3 heterocycles. The van der Waals surface area contributed by atoms with Gasteiger partial charge in [-0.1, -0.05) is 35.6 Å². The highest BCUT2D eigenvalue weighted by Crippen LogP contribution is 2.44. The summed E-state index contributed by atoms with van der Waals surface area (Å²) in [5.74, 6) is -0.130. The highest BCUT2D eigenvalue weighted by atomic mass is 32.1. The van der Waals surface area contributed by atoms with Crippen LogP contribution in [0.2, 0.25) is 0 Å². The molecule has 0 radical (unpaired) electrons. The zero-order chi connectivity index (χ0) is 24.6. The second-order valence-corrected chi connectivity index (χ2v) is 10.0. The van der Waals surface area contributed by atoms with Gasteiger partial charge in [-0.15, -0.1) is 0 Å². The van der Waals surface area contributed by atoms with Gasteiger partial charge < -0.3 is 9.64 Å². The summed E-state index contributed by atoms with van der Waals surface area (Å²) in [6.45, 7) is 3.14. The molecule has 2 aliphatic heterocycles. The van der Waals surface area contributed by atoms with Gasteiger partial charge in [0.25, 0.3) is 5.91 Å². The van der Waals surface area contributed by atoms with Crippen molar-refractivity contribution >= 4 is 50.1 Å². The summed E-state index contributed by atoms with van der Waals surface area (Å²) >= 11 is 1.48. The molecule has 1 saturated heterocycles. The largest absolute Gasteiger partial charge is 0.383 e. The lowest BCUT2D eigenvalue weighted by Crippen LogP contribution is -2.62. The topological polar surface area (TPSA) is 83.0 Å². The van der Waals surface area contributed by atoms with Crippen LogP contribution in [0.5, 0.6) is 0 Å². The molecule has 5 rings (SSSR count). The zero-order valence-electron chi connectivity index (χ0n) is 19.9. The fourth-order valence-electron chi connectivity index (χ4n) is 5.05. The number of rotatable bonds is 8. The molecule has 2 aliphatic rings. The van der Waals surface area contributed by atoms with Crippen LogP contribution < -0.4 is 9.80 Å². The fourth-order valence-corrected chi connectivity index (χ4v) is 6.06. The number of benzene rings is 2. The van der Waals surface area contributed by atoms with Gasteiger partial charge in [0.1, 0.15) is 5.66 Å². The Labute approximate surface area is 208 Å². The van der Waals surface area contributed by atoms with Gasteiger partial charge in [0.2, 0.25) is 11.8 Å². The van der Waals surface area contributed by atoms with Crippen molar-refractivity contribution in [3.8, 4) is 0 Å². The number of thiazole rings is 1. The quantitative estimate of drug-likeness (QED) is 0.474. The molecule has 1 aromatic heterocycles. The number of hydrogen-bond donors (Lipinski definition) is 0. The molecule has 3 amide bonds. The zero-order valence-corrected chi connectivity index (χ0v) is 20.7. The smallest absolute Gasteiger partial charge is 0.257 e. The molecule has 3 aromatic rings. The third kappa shape index (κ3) is 4.08. The molecular weight excluding hydrogens is 464 g/mol. The van der Waals surface area contributed by atoms with E-state index >= 15 is 0 Å². The monoisotopic (exact) mass is 492 g/mol. The second kappa shape index (κ2) is 9.39. The van der Waals surface area contributed by atoms with E-state index in [2.05, 4.69) is 4.98 Å².